The summed E-state index contributed by atoms with van der Waals surface area (Å²) in [5, 5.41) is 51.1. The number of halogens is 1. The fraction of sp³-hybridized carbons (Fsp3) is 0.807. The Bertz CT molecular complexity index is 2500. The van der Waals surface area contributed by atoms with Crippen LogP contribution in [0, 0.1) is 0 Å². The predicted octanol–water partition coefficient (Wildman–Crippen LogP) is 18.6. The Morgan fingerprint density at radius 3 is 1.38 bits per heavy atom. The van der Waals surface area contributed by atoms with Crippen LogP contribution in [0.1, 0.15) is 324 Å². The second-order valence-corrected chi connectivity index (χ2v) is 31.1. The highest BCUT2D eigenvalue weighted by Crippen LogP contribution is 2.52. The number of unbranched alkanes of at least 4 members (excludes halogenated alkanes) is 34. The Labute approximate surface area is 631 Å². The molecule has 0 saturated carbocycles. The highest BCUT2D eigenvalue weighted by molar-refractivity contribution is 7.49. The van der Waals surface area contributed by atoms with Gasteiger partial charge < -0.3 is 68.5 Å². The summed E-state index contributed by atoms with van der Waals surface area (Å²) in [7, 11) is -4.90. The van der Waals surface area contributed by atoms with Crippen LogP contribution in [-0.4, -0.2) is 150 Å². The number of carboxylic acids is 1. The smallest absolute Gasteiger partial charge is 0.479 e. The number of ether oxygens (including phenoxy) is 6. The van der Waals surface area contributed by atoms with Crippen molar-refractivity contribution in [2.45, 2.75) is 403 Å². The maximum absolute atomic E-state index is 16.2. The summed E-state index contributed by atoms with van der Waals surface area (Å²) in [6.07, 6.45) is 27.9. The van der Waals surface area contributed by atoms with Crippen molar-refractivity contribution in [1.82, 2.24) is 10.6 Å². The number of carbonyl (C=O) groups excluding carboxylic acids is 3. The molecule has 20 nitrogen and oxygen atoms in total. The van der Waals surface area contributed by atoms with Gasteiger partial charge in [0.05, 0.1) is 37.9 Å². The van der Waals surface area contributed by atoms with Crippen LogP contribution in [0.25, 0.3) is 0 Å². The average Bonchev–Trinajstić information content (AvgIpc) is 0.781. The number of carboxylic acid groups (broad SMARTS) is 1. The molecule has 0 aromatic heterocycles. The number of phosphoric ester groups is 1. The third kappa shape index (κ3) is 41.4. The molecular weight excluding hydrogens is 1360 g/mol. The number of aliphatic hydroxyl groups is 3. The van der Waals surface area contributed by atoms with E-state index in [1.165, 1.54) is 160 Å². The molecule has 2 heterocycles. The minimum Gasteiger partial charge on any atom is -0.479 e. The van der Waals surface area contributed by atoms with Gasteiger partial charge in [-0.25, -0.2) is 13.8 Å². The normalized spacial score (nSPS) is 21.3. The molecule has 4 rings (SSSR count). The second kappa shape index (κ2) is 58.7. The van der Waals surface area contributed by atoms with E-state index in [1.54, 1.807) is 36.4 Å². The third-order valence-corrected chi connectivity index (χ3v) is 21.6. The first-order valence-corrected chi connectivity index (χ1v) is 43.0. The second-order valence-electron chi connectivity index (χ2n) is 29.6. The first-order chi connectivity index (χ1) is 51.0. The largest absolute Gasteiger partial charge is 0.588 e. The van der Waals surface area contributed by atoms with E-state index in [2.05, 4.69) is 38.3 Å². The molecule has 2 amide bonds. The molecule has 0 spiro atoms. The Kier molecular flexibility index (Phi) is 52.0. The highest BCUT2D eigenvalue weighted by atomic mass is 31.2. The number of alkyl halides is 1. The zero-order valence-electron chi connectivity index (χ0n) is 65.3. The molecule has 105 heavy (non-hydrogen) atoms. The zero-order valence-corrected chi connectivity index (χ0v) is 66.2. The topological polar surface area (TPSA) is 273 Å². The van der Waals surface area contributed by atoms with Crippen LogP contribution < -0.4 is 19.7 Å². The molecule has 22 heteroatoms. The number of hydrogen-bond donors (Lipinski definition) is 6. The van der Waals surface area contributed by atoms with Gasteiger partial charge in [-0.1, -0.05) is 295 Å². The minimum atomic E-state index is -4.90. The van der Waals surface area contributed by atoms with Gasteiger partial charge in [-0.15, -0.1) is 0 Å². The van der Waals surface area contributed by atoms with E-state index in [4.69, 9.17) is 42.0 Å². The zero-order chi connectivity index (χ0) is 76.0. The summed E-state index contributed by atoms with van der Waals surface area (Å²) in [6, 6.07) is 13.3. The third-order valence-electron chi connectivity index (χ3n) is 20.2. The van der Waals surface area contributed by atoms with Crippen molar-refractivity contribution in [3.63, 3.8) is 0 Å². The van der Waals surface area contributed by atoms with Crippen LogP contribution >= 0.6 is 7.82 Å². The molecule has 13 atom stereocenters. The van der Waals surface area contributed by atoms with E-state index in [0.717, 1.165) is 103 Å². The average molecular weight is 1510 g/mol. The predicted molar refractivity (Wildman–Crippen MR) is 411 cm³/mol. The SMILES string of the molecule is CCCCCCCCCCCCCC(=O)O[C@H](CCCCCCCCCCC)CCO[C@@H]1[C@@H](NC(C)=O)[C@H](OC[C@H]2O[C@H](C(=O)O)[C@H](NC(=O)C[C@H](O)CCCCCCCCCCC)[C@@H](OCC[C@H](O)CCCCCCCCCCC)[C@@H]2O)O[C@H](CF)[C@@H]1OP(=O)(Oc1ccccc1)Oc1ccccc1. The van der Waals surface area contributed by atoms with Gasteiger partial charge in [-0.3, -0.25) is 18.9 Å². The number of para-hydroxylation sites is 2. The maximum atomic E-state index is 16.2. The molecule has 6 N–H and O–H groups in total. The van der Waals surface area contributed by atoms with Crippen molar-refractivity contribution in [2.75, 3.05) is 26.5 Å². The van der Waals surface area contributed by atoms with Crippen LogP contribution in [-0.2, 0) is 56.7 Å². The van der Waals surface area contributed by atoms with Gasteiger partial charge >= 0.3 is 19.8 Å². The fourth-order valence-electron chi connectivity index (χ4n) is 14.0. The van der Waals surface area contributed by atoms with Crippen molar-refractivity contribution in [2.24, 2.45) is 0 Å². The van der Waals surface area contributed by atoms with Gasteiger partial charge in [0.15, 0.2) is 12.4 Å². The lowest BCUT2D eigenvalue weighted by Crippen LogP contribution is -2.68. The molecule has 2 fully saturated rings. The first-order valence-electron chi connectivity index (χ1n) is 41.6. The molecule has 2 aromatic carbocycles. The van der Waals surface area contributed by atoms with Gasteiger partial charge in [0.1, 0.15) is 66.9 Å². The van der Waals surface area contributed by atoms with E-state index < -0.39 is 118 Å². The molecule has 0 aliphatic carbocycles. The molecule has 0 bridgehead atoms. The molecule has 2 saturated heterocycles. The summed E-state index contributed by atoms with van der Waals surface area (Å²) in [6.45, 7) is 7.74. The summed E-state index contributed by atoms with van der Waals surface area (Å²) in [4.78, 5) is 54.6. The number of carbonyl (C=O) groups is 4. The van der Waals surface area contributed by atoms with E-state index in [-0.39, 0.29) is 56.4 Å². The summed E-state index contributed by atoms with van der Waals surface area (Å²) >= 11 is 0. The number of esters is 1. The highest BCUT2D eigenvalue weighted by Gasteiger charge is 2.55. The van der Waals surface area contributed by atoms with Crippen molar-refractivity contribution in [3.8, 4) is 11.5 Å². The van der Waals surface area contributed by atoms with Crippen LogP contribution in [0.5, 0.6) is 11.5 Å². The Morgan fingerprint density at radius 1 is 0.495 bits per heavy atom. The van der Waals surface area contributed by atoms with Gasteiger partial charge in [-0.05, 0) is 62.8 Å². The van der Waals surface area contributed by atoms with Gasteiger partial charge in [0, 0.05) is 26.4 Å². The number of rotatable bonds is 66. The summed E-state index contributed by atoms with van der Waals surface area (Å²) in [5.74, 6) is -2.99. The van der Waals surface area contributed by atoms with Crippen molar-refractivity contribution in [1.29, 1.82) is 0 Å². The number of hydrogen-bond acceptors (Lipinski definition) is 17. The van der Waals surface area contributed by atoms with Gasteiger partial charge in [0.25, 0.3) is 0 Å². The molecule has 604 valence electrons. The number of aliphatic hydroxyl groups excluding tert-OH is 3. The number of aliphatic carboxylic acids is 1. The molecule has 0 unspecified atom stereocenters. The van der Waals surface area contributed by atoms with E-state index in [0.29, 0.717) is 32.1 Å². The lowest BCUT2D eigenvalue weighted by atomic mass is 9.91. The Hall–Kier alpha value is -4.28. The number of amides is 2. The number of nitrogens with one attached hydrogen (secondary N) is 2. The van der Waals surface area contributed by atoms with E-state index in [9.17, 15) is 39.6 Å². The molecular formula is C83H142FN2O18P. The van der Waals surface area contributed by atoms with Crippen molar-refractivity contribution in [3.05, 3.63) is 60.7 Å². The monoisotopic (exact) mass is 1500 g/mol. The summed E-state index contributed by atoms with van der Waals surface area (Å²) < 4.78 is 88.4. The lowest BCUT2D eigenvalue weighted by Gasteiger charge is -2.47. The Balaban J connectivity index is 1.64. The van der Waals surface area contributed by atoms with Crippen molar-refractivity contribution < 1.29 is 90.6 Å². The molecule has 0 radical (unpaired) electrons. The Morgan fingerprint density at radius 2 is 0.924 bits per heavy atom. The standard InChI is InChI=1S/C83H142FN2O18P/c1-6-10-14-18-22-26-27-31-35-39-49-57-74(91)99-68(52-44-38-34-30-25-21-17-13-9-4)59-61-97-80-76(85-65(5)87)83(101-71(63-84)78(80)104-105(95,102-69-53-45-40-46-54-69)103-70-55-47-41-48-56-70)98-64-72-77(92)79(96-60-58-66(88)50-42-36-32-28-23-19-15-11-7-2)75(81(100-72)82(93)94)86-73(90)62-67(89)51-43-37-33-29-24-20-16-12-8-3/h40-41,45-48,53-56,66-68,71-72,75-81,83,88-89,92H,6-39,42-44,49-52,57-64H2,1-5H3,(H,85,87)(H,86,90)(H,93,94)/t66-,67-,68-,71-,72-,75-,76-,77-,78+,79-,80-,81+,83-/m1/s1. The van der Waals surface area contributed by atoms with E-state index in [1.807, 2.05) is 0 Å². The van der Waals surface area contributed by atoms with Crippen molar-refractivity contribution >= 4 is 31.6 Å². The van der Waals surface area contributed by atoms with Gasteiger partial charge in [0.2, 0.25) is 11.8 Å². The first kappa shape index (κ1) is 93.1. The van der Waals surface area contributed by atoms with Crippen LogP contribution in [0.15, 0.2) is 60.7 Å². The van der Waals surface area contributed by atoms with Gasteiger partial charge in [-0.2, -0.15) is 0 Å². The van der Waals surface area contributed by atoms with Crippen LogP contribution in [0.2, 0.25) is 0 Å². The number of benzene rings is 2. The minimum absolute atomic E-state index is 0.0821. The molecule has 2 aliphatic heterocycles. The van der Waals surface area contributed by atoms with Crippen LogP contribution in [0.4, 0.5) is 4.39 Å². The number of phosphoric acid groups is 1. The lowest BCUT2D eigenvalue weighted by molar-refractivity contribution is -0.286. The van der Waals surface area contributed by atoms with Crippen LogP contribution in [0.3, 0.4) is 0 Å². The summed E-state index contributed by atoms with van der Waals surface area (Å²) in [5.41, 5.74) is 0. The molecule has 2 aromatic rings. The fourth-order valence-corrected chi connectivity index (χ4v) is 15.5. The molecule has 2 aliphatic rings. The quantitative estimate of drug-likeness (QED) is 0.0204. The maximum Gasteiger partial charge on any atom is 0.588 e. The van der Waals surface area contributed by atoms with E-state index >= 15 is 8.96 Å².